The normalized spacial score (nSPS) is 10.4. The molecule has 0 unspecified atom stereocenters. The molecule has 3 rings (SSSR count). The van der Waals surface area contributed by atoms with Gasteiger partial charge in [0.25, 0.3) is 0 Å². The first kappa shape index (κ1) is 15.6. The van der Waals surface area contributed by atoms with Gasteiger partial charge in [-0.05, 0) is 29.8 Å². The quantitative estimate of drug-likeness (QED) is 0.726. The lowest BCUT2D eigenvalue weighted by atomic mass is 10.1. The summed E-state index contributed by atoms with van der Waals surface area (Å²) in [4.78, 5) is 11.0. The second-order valence-corrected chi connectivity index (χ2v) is 5.11. The Kier molecular flexibility index (Phi) is 4.47. The van der Waals surface area contributed by atoms with E-state index in [-0.39, 0.29) is 5.69 Å². The van der Waals surface area contributed by atoms with Crippen molar-refractivity contribution in [1.29, 1.82) is 0 Å². The van der Waals surface area contributed by atoms with E-state index in [1.165, 1.54) is 6.07 Å². The first-order valence-electron chi connectivity index (χ1n) is 7.31. The van der Waals surface area contributed by atoms with E-state index < -0.39 is 5.97 Å². The van der Waals surface area contributed by atoms with Crippen molar-refractivity contribution >= 4 is 5.97 Å². The van der Waals surface area contributed by atoms with Gasteiger partial charge in [0.15, 0.2) is 11.5 Å². The van der Waals surface area contributed by atoms with Crippen molar-refractivity contribution < 1.29 is 19.4 Å². The molecule has 0 saturated heterocycles. The number of carboxylic acids is 1. The van der Waals surface area contributed by atoms with Crippen LogP contribution in [0.5, 0.6) is 11.5 Å². The lowest BCUT2D eigenvalue weighted by Crippen LogP contribution is -1.98. The minimum Gasteiger partial charge on any atom is -0.493 e. The zero-order chi connectivity index (χ0) is 16.9. The van der Waals surface area contributed by atoms with Gasteiger partial charge in [0.2, 0.25) is 0 Å². The highest BCUT2D eigenvalue weighted by molar-refractivity contribution is 5.86. The molecular formula is C18H16N2O4. The Morgan fingerprint density at radius 1 is 1.12 bits per heavy atom. The molecule has 2 N–H and O–H groups in total. The summed E-state index contributed by atoms with van der Waals surface area (Å²) >= 11 is 0. The predicted octanol–water partition coefficient (Wildman–Crippen LogP) is 3.36. The lowest BCUT2D eigenvalue weighted by Gasteiger charge is -2.12. The van der Waals surface area contributed by atoms with Gasteiger partial charge in [0.05, 0.1) is 12.8 Å². The molecule has 2 aromatic carbocycles. The van der Waals surface area contributed by atoms with E-state index in [0.29, 0.717) is 23.8 Å². The number of rotatable bonds is 6. The van der Waals surface area contributed by atoms with E-state index in [4.69, 9.17) is 14.6 Å². The van der Waals surface area contributed by atoms with Crippen LogP contribution in [0.1, 0.15) is 16.1 Å². The maximum atomic E-state index is 11.0. The lowest BCUT2D eigenvalue weighted by molar-refractivity contribution is 0.0690. The van der Waals surface area contributed by atoms with E-state index >= 15 is 0 Å². The van der Waals surface area contributed by atoms with Crippen LogP contribution in [-0.2, 0) is 6.61 Å². The van der Waals surface area contributed by atoms with Gasteiger partial charge in [0, 0.05) is 5.56 Å². The van der Waals surface area contributed by atoms with E-state index in [9.17, 15) is 4.79 Å². The molecule has 0 fully saturated rings. The fraction of sp³-hybridized carbons (Fsp3) is 0.111. The Bertz CT molecular complexity index is 843. The van der Waals surface area contributed by atoms with Crippen LogP contribution in [0, 0.1) is 0 Å². The third-order valence-electron chi connectivity index (χ3n) is 3.50. The highest BCUT2D eigenvalue weighted by atomic mass is 16.5. The third kappa shape index (κ3) is 3.38. The van der Waals surface area contributed by atoms with Crippen molar-refractivity contribution in [1.82, 2.24) is 10.2 Å². The molecule has 122 valence electrons. The highest BCUT2D eigenvalue weighted by Gasteiger charge is 2.12. The molecule has 0 spiro atoms. The average molecular weight is 324 g/mol. The molecule has 1 heterocycles. The summed E-state index contributed by atoms with van der Waals surface area (Å²) in [6.45, 7) is 0.404. The molecule has 0 bridgehead atoms. The van der Waals surface area contributed by atoms with Crippen molar-refractivity contribution in [3.8, 4) is 22.8 Å². The average Bonchev–Trinajstić information content (AvgIpc) is 3.11. The van der Waals surface area contributed by atoms with Crippen molar-refractivity contribution in [3.05, 3.63) is 65.9 Å². The first-order valence-corrected chi connectivity index (χ1v) is 7.31. The molecule has 0 amide bonds. The Morgan fingerprint density at radius 3 is 2.58 bits per heavy atom. The maximum absolute atomic E-state index is 11.0. The van der Waals surface area contributed by atoms with Crippen LogP contribution in [0.15, 0.2) is 54.6 Å². The minimum atomic E-state index is -1.05. The molecular weight excluding hydrogens is 308 g/mol. The van der Waals surface area contributed by atoms with Crippen LogP contribution in [0.2, 0.25) is 0 Å². The summed E-state index contributed by atoms with van der Waals surface area (Å²) < 4.78 is 11.2. The summed E-state index contributed by atoms with van der Waals surface area (Å²) in [5.74, 6) is 0.116. The van der Waals surface area contributed by atoms with Crippen LogP contribution in [0.25, 0.3) is 11.3 Å². The van der Waals surface area contributed by atoms with Gasteiger partial charge < -0.3 is 14.6 Å². The number of hydrogen-bond acceptors (Lipinski definition) is 4. The van der Waals surface area contributed by atoms with Gasteiger partial charge in [-0.15, -0.1) is 0 Å². The molecule has 0 radical (unpaired) electrons. The fourth-order valence-electron chi connectivity index (χ4n) is 2.26. The zero-order valence-electron chi connectivity index (χ0n) is 13.0. The monoisotopic (exact) mass is 324 g/mol. The van der Waals surface area contributed by atoms with Crippen LogP contribution >= 0.6 is 0 Å². The molecule has 6 heteroatoms. The van der Waals surface area contributed by atoms with E-state index in [1.807, 2.05) is 30.3 Å². The van der Waals surface area contributed by atoms with Gasteiger partial charge in [0.1, 0.15) is 12.3 Å². The molecule has 0 aliphatic rings. The summed E-state index contributed by atoms with van der Waals surface area (Å²) in [5, 5.41) is 15.5. The third-order valence-corrected chi connectivity index (χ3v) is 3.50. The van der Waals surface area contributed by atoms with Crippen LogP contribution in [-0.4, -0.2) is 28.4 Å². The van der Waals surface area contributed by atoms with Gasteiger partial charge in [-0.3, -0.25) is 5.10 Å². The van der Waals surface area contributed by atoms with Crippen LogP contribution < -0.4 is 9.47 Å². The van der Waals surface area contributed by atoms with Crippen LogP contribution in [0.4, 0.5) is 0 Å². The topological polar surface area (TPSA) is 84.4 Å². The molecule has 1 aromatic heterocycles. The van der Waals surface area contributed by atoms with E-state index in [1.54, 1.807) is 25.3 Å². The number of aromatic carboxylic acids is 1. The van der Waals surface area contributed by atoms with Crippen LogP contribution in [0.3, 0.4) is 0 Å². The van der Waals surface area contributed by atoms with Gasteiger partial charge in [-0.2, -0.15) is 5.10 Å². The summed E-state index contributed by atoms with van der Waals surface area (Å²) in [6, 6.07) is 16.6. The van der Waals surface area contributed by atoms with Gasteiger partial charge in [-0.1, -0.05) is 30.3 Å². The number of nitrogens with one attached hydrogen (secondary N) is 1. The standard InChI is InChI=1S/C18H16N2O4/c1-23-16-8-7-13(14-10-15(18(21)22)20-19-14)9-17(16)24-11-12-5-3-2-4-6-12/h2-10H,11H2,1H3,(H,19,20)(H,21,22). The Balaban J connectivity index is 1.85. The number of hydrogen-bond donors (Lipinski definition) is 2. The number of carboxylic acid groups (broad SMARTS) is 1. The second kappa shape index (κ2) is 6.87. The SMILES string of the molecule is COc1ccc(-c2cc(C(=O)O)[nH]n2)cc1OCc1ccccc1. The van der Waals surface area contributed by atoms with Crippen molar-refractivity contribution in [2.24, 2.45) is 0 Å². The number of benzene rings is 2. The van der Waals surface area contributed by atoms with Crippen molar-refractivity contribution in [2.75, 3.05) is 7.11 Å². The Hall–Kier alpha value is -3.28. The maximum Gasteiger partial charge on any atom is 0.353 e. The largest absolute Gasteiger partial charge is 0.493 e. The van der Waals surface area contributed by atoms with E-state index in [2.05, 4.69) is 10.2 Å². The second-order valence-electron chi connectivity index (χ2n) is 5.11. The number of aromatic nitrogens is 2. The summed E-state index contributed by atoms with van der Waals surface area (Å²) in [5.41, 5.74) is 2.34. The number of ether oxygens (including phenoxy) is 2. The Morgan fingerprint density at radius 2 is 1.92 bits per heavy atom. The molecule has 0 atom stereocenters. The molecule has 24 heavy (non-hydrogen) atoms. The number of H-pyrrole nitrogens is 1. The fourth-order valence-corrected chi connectivity index (χ4v) is 2.26. The van der Waals surface area contributed by atoms with E-state index in [0.717, 1.165) is 11.1 Å². The molecule has 0 aliphatic carbocycles. The minimum absolute atomic E-state index is 0.0348. The first-order chi connectivity index (χ1) is 11.7. The van der Waals surface area contributed by atoms with Crippen molar-refractivity contribution in [3.63, 3.8) is 0 Å². The smallest absolute Gasteiger partial charge is 0.353 e. The number of carbonyl (C=O) groups is 1. The summed E-state index contributed by atoms with van der Waals surface area (Å²) in [7, 11) is 1.57. The summed E-state index contributed by atoms with van der Waals surface area (Å²) in [6.07, 6.45) is 0. The Labute approximate surface area is 138 Å². The van der Waals surface area contributed by atoms with Gasteiger partial charge >= 0.3 is 5.97 Å². The number of aromatic amines is 1. The predicted molar refractivity (Wildman–Crippen MR) is 88.3 cm³/mol. The van der Waals surface area contributed by atoms with Gasteiger partial charge in [-0.25, -0.2) is 4.79 Å². The number of nitrogens with zero attached hydrogens (tertiary/aromatic N) is 1. The van der Waals surface area contributed by atoms with Crippen molar-refractivity contribution in [2.45, 2.75) is 6.61 Å². The molecule has 0 saturated carbocycles. The molecule has 3 aromatic rings. The highest BCUT2D eigenvalue weighted by Crippen LogP contribution is 2.32. The molecule has 6 nitrogen and oxygen atoms in total. The number of methoxy groups -OCH3 is 1. The zero-order valence-corrected chi connectivity index (χ0v) is 13.0. The molecule has 0 aliphatic heterocycles.